The van der Waals surface area contributed by atoms with Crippen LogP contribution in [0.3, 0.4) is 0 Å². The number of unbranched alkanes of at least 4 members (excludes halogenated alkanes) is 30. The molecule has 0 saturated heterocycles. The number of imide groups is 4. The Morgan fingerprint density at radius 1 is 0.276 bits per heavy atom. The highest BCUT2D eigenvalue weighted by Gasteiger charge is 2.45. The third-order valence-electron chi connectivity index (χ3n) is 27.6. The van der Waals surface area contributed by atoms with Crippen LogP contribution >= 0.6 is 0 Å². The molecule has 0 radical (unpaired) electrons. The molecule has 145 heavy (non-hydrogen) atoms. The van der Waals surface area contributed by atoms with Crippen molar-refractivity contribution in [3.63, 3.8) is 0 Å². The molecule has 846 valence electrons. The molecule has 10 amide bonds. The summed E-state index contributed by atoms with van der Waals surface area (Å²) in [6, 6.07) is 9.22. The minimum absolute atomic E-state index is 0.302. The molecule has 1 aromatic carbocycles. The van der Waals surface area contributed by atoms with E-state index in [1.807, 2.05) is 141 Å². The molecule has 0 aliphatic heterocycles. The quantitative estimate of drug-likeness (QED) is 0.0452. The van der Waals surface area contributed by atoms with Gasteiger partial charge >= 0.3 is 60.9 Å². The minimum Gasteiger partial charge on any atom is -0.444 e. The number of anilines is 1. The molecule has 2 N–H and O–H groups in total. The van der Waals surface area contributed by atoms with Gasteiger partial charge in [0.1, 0.15) is 56.0 Å². The number of hydrogen-bond acceptors (Lipinski definition) is 20. The van der Waals surface area contributed by atoms with Crippen molar-refractivity contribution in [2.24, 2.45) is 11.8 Å². The Balaban J connectivity index is 0.00000175. The highest BCUT2D eigenvalue weighted by Crippen LogP contribution is 2.41. The van der Waals surface area contributed by atoms with Crippen molar-refractivity contribution < 1.29 is 95.3 Å². The lowest BCUT2D eigenvalue weighted by atomic mass is 9.79. The lowest BCUT2D eigenvalue weighted by molar-refractivity contribution is -0.0530. The van der Waals surface area contributed by atoms with Gasteiger partial charge in [-0.25, -0.2) is 67.5 Å². The van der Waals surface area contributed by atoms with Gasteiger partial charge in [-0.2, -0.15) is 0 Å². The van der Waals surface area contributed by atoms with Crippen LogP contribution in [-0.2, 0) is 47.4 Å². The number of hydrogen-bond donors (Lipinski definition) is 2. The normalized spacial score (nSPS) is 14.9. The molecule has 1 aromatic rings. The van der Waals surface area contributed by atoms with Crippen LogP contribution in [0.4, 0.5) is 53.6 Å². The van der Waals surface area contributed by atoms with E-state index < -0.39 is 111 Å². The third kappa shape index (κ3) is 68.2. The molecule has 0 atom stereocenters. The monoisotopic (exact) mass is 2050 g/mol. The standard InChI is InChI=1S/C29H53NO4.C25H45NO4.C21H41NO4.C19H37NO4.C14H29NO2.C11H15NO2/c1-6-7-8-9-10-11-18-23-30(26(31)33-28(2,3)24-19-14-12-15-20-24)27(32)34-29(4,5)25-21-16-13-17-22-25;1-4-7-8-9-10-11-16-21-26(22(27)29-24(5-2)17-12-13-18-24)23(28)30-25(6-3)19-14-15-20-25;1-8-11-12-13-14-15-16-17-22(18(23)25-20(4,5)9-2)19(24)26-21(6,7)10-3;1-8-9-10-11-12-13-14-15-20(16(21)23-18(2,3)4)17(22)24-19(5,6)7;1-5-6-7-8-9-10-11-12-15-13(16)17-14(2,3)4;1-11(2,3)14-10(13)12-9-7-5-4-6-8-9/h24-25H,6-23H2,1-5H3;4-21H2,1-3H3;8-17H2,1-7H3;8-15H2,1-7H3;5-12H2,1-4H3,(H,15,16);4-8H,1-3H3,(H,12,13). The fourth-order valence-electron chi connectivity index (χ4n) is 17.7. The number of carbonyl (C=O) groups excluding carboxylic acids is 10. The van der Waals surface area contributed by atoms with Crippen molar-refractivity contribution in [1.82, 2.24) is 24.9 Å². The van der Waals surface area contributed by atoms with E-state index in [0.29, 0.717) is 50.9 Å². The molecule has 0 aromatic heterocycles. The zero-order valence-electron chi connectivity index (χ0n) is 98.3. The number of benzene rings is 1. The summed E-state index contributed by atoms with van der Waals surface area (Å²) in [5.41, 5.74) is -4.55. The minimum atomic E-state index is -0.641. The summed E-state index contributed by atoms with van der Waals surface area (Å²) in [6.45, 7) is 58.5. The molecule has 26 nitrogen and oxygen atoms in total. The van der Waals surface area contributed by atoms with Crippen molar-refractivity contribution in [1.29, 1.82) is 0 Å². The van der Waals surface area contributed by atoms with Gasteiger partial charge in [0.15, 0.2) is 0 Å². The average Bonchev–Trinajstić information content (AvgIpc) is 1.77. The Labute approximate surface area is 885 Å². The summed E-state index contributed by atoms with van der Waals surface area (Å²) in [5, 5.41) is 5.42. The Hall–Kier alpha value is -7.28. The first-order valence-corrected chi connectivity index (χ1v) is 58.1. The van der Waals surface area contributed by atoms with E-state index in [2.05, 4.69) is 59.1 Å². The van der Waals surface area contributed by atoms with Gasteiger partial charge < -0.3 is 52.7 Å². The summed E-state index contributed by atoms with van der Waals surface area (Å²) in [6.07, 6.45) is 57.6. The smallest absolute Gasteiger partial charge is 0.419 e. The van der Waals surface area contributed by atoms with E-state index in [1.165, 1.54) is 190 Å². The van der Waals surface area contributed by atoms with E-state index in [0.717, 1.165) is 195 Å². The first kappa shape index (κ1) is 138. The highest BCUT2D eigenvalue weighted by molar-refractivity contribution is 5.90. The first-order valence-electron chi connectivity index (χ1n) is 58.1. The number of nitrogens with one attached hydrogen (secondary N) is 2. The lowest BCUT2D eigenvalue weighted by Crippen LogP contribution is -2.48. The summed E-state index contributed by atoms with van der Waals surface area (Å²) in [5.74, 6) is 0.695. The molecule has 4 aliphatic rings. The van der Waals surface area contributed by atoms with Crippen LogP contribution in [0.5, 0.6) is 0 Å². The molecule has 0 unspecified atom stereocenters. The highest BCUT2D eigenvalue weighted by atomic mass is 16.6. The molecule has 5 rings (SSSR count). The van der Waals surface area contributed by atoms with E-state index in [9.17, 15) is 47.9 Å². The van der Waals surface area contributed by atoms with Crippen LogP contribution in [0, 0.1) is 11.8 Å². The summed E-state index contributed by atoms with van der Waals surface area (Å²) >= 11 is 0. The van der Waals surface area contributed by atoms with E-state index in [4.69, 9.17) is 47.4 Å². The van der Waals surface area contributed by atoms with Gasteiger partial charge in [0.2, 0.25) is 0 Å². The molecular weight excluding hydrogens is 1830 g/mol. The van der Waals surface area contributed by atoms with Crippen molar-refractivity contribution in [2.75, 3.05) is 38.0 Å². The Bertz CT molecular complexity index is 3450. The van der Waals surface area contributed by atoms with Gasteiger partial charge in [-0.15, -0.1) is 0 Å². The maximum Gasteiger partial charge on any atom is 0.419 e. The van der Waals surface area contributed by atoms with Crippen LogP contribution in [0.2, 0.25) is 0 Å². The second-order valence-electron chi connectivity index (χ2n) is 47.4. The molecule has 4 fully saturated rings. The zero-order valence-corrected chi connectivity index (χ0v) is 98.3. The Morgan fingerprint density at radius 2 is 0.517 bits per heavy atom. The van der Waals surface area contributed by atoms with Gasteiger partial charge in [0.25, 0.3) is 0 Å². The number of amides is 10. The van der Waals surface area contributed by atoms with Crippen molar-refractivity contribution in [2.45, 2.75) is 623 Å². The lowest BCUT2D eigenvalue weighted by Gasteiger charge is -2.39. The average molecular weight is 2060 g/mol. The van der Waals surface area contributed by atoms with Crippen molar-refractivity contribution >= 4 is 66.6 Å². The van der Waals surface area contributed by atoms with E-state index in [1.54, 1.807) is 41.5 Å². The largest absolute Gasteiger partial charge is 0.444 e. The molecule has 0 bridgehead atoms. The predicted molar refractivity (Wildman–Crippen MR) is 592 cm³/mol. The topological polar surface area (TPSA) is 300 Å². The second-order valence-corrected chi connectivity index (χ2v) is 47.4. The van der Waals surface area contributed by atoms with Crippen LogP contribution < -0.4 is 10.6 Å². The molecule has 4 saturated carbocycles. The number of alkyl carbamates (subject to hydrolysis) is 1. The second kappa shape index (κ2) is 75.4. The molecule has 4 aliphatic carbocycles. The summed E-state index contributed by atoms with van der Waals surface area (Å²) in [7, 11) is 0. The summed E-state index contributed by atoms with van der Waals surface area (Å²) < 4.78 is 55.9. The first-order chi connectivity index (χ1) is 68.1. The fraction of sp³-hybridized carbons (Fsp3) is 0.866. The molecule has 0 spiro atoms. The maximum atomic E-state index is 13.3. The van der Waals surface area contributed by atoms with Gasteiger partial charge in [-0.3, -0.25) is 5.32 Å². The van der Waals surface area contributed by atoms with Gasteiger partial charge in [-0.1, -0.05) is 312 Å². The molecule has 0 heterocycles. The van der Waals surface area contributed by atoms with Crippen molar-refractivity contribution in [3.8, 4) is 0 Å². The summed E-state index contributed by atoms with van der Waals surface area (Å²) in [4.78, 5) is 130. The number of para-hydroxylation sites is 1. The van der Waals surface area contributed by atoms with E-state index >= 15 is 0 Å². The molecular formula is C119H220N6O20. The Kier molecular flexibility index (Phi) is 71.6. The van der Waals surface area contributed by atoms with Crippen LogP contribution in [0.25, 0.3) is 0 Å². The number of ether oxygens (including phenoxy) is 10. The van der Waals surface area contributed by atoms with Crippen molar-refractivity contribution in [3.05, 3.63) is 30.3 Å². The van der Waals surface area contributed by atoms with Gasteiger partial charge in [0.05, 0.1) is 0 Å². The predicted octanol–water partition coefficient (Wildman–Crippen LogP) is 36.7. The number of nitrogens with zero attached hydrogens (tertiary/aromatic N) is 4. The van der Waals surface area contributed by atoms with Gasteiger partial charge in [-0.05, 0) is 297 Å². The zero-order chi connectivity index (χ0) is 110. The fourth-order valence-corrected chi connectivity index (χ4v) is 17.7. The molecule has 26 heteroatoms. The van der Waals surface area contributed by atoms with Crippen LogP contribution in [-0.4, -0.2) is 169 Å². The number of carbonyl (C=O) groups is 10. The SMILES string of the molecule is CC(C)(C)OC(=O)Nc1ccccc1.CCCCCCCCCN(C(=O)OC(C)(C)C)C(=O)OC(C)(C)C.CCCCCCCCCN(C(=O)OC(C)(C)C1CCCCC1)C(=O)OC(C)(C)C1CCCCC1.CCCCCCCCCN(C(=O)OC(C)(C)CC)C(=O)OC(C)(C)CC.CCCCCCCCCN(C(=O)OC1(CC)CCCC1)C(=O)OC1(CC)CCCC1.CCCCCCCCCNC(=O)OC(C)(C)C. The van der Waals surface area contributed by atoms with Crippen LogP contribution in [0.15, 0.2) is 30.3 Å². The van der Waals surface area contributed by atoms with E-state index in [-0.39, 0.29) is 6.09 Å². The maximum absolute atomic E-state index is 13.3. The van der Waals surface area contributed by atoms with Gasteiger partial charge in [0, 0.05) is 38.4 Å². The third-order valence-corrected chi connectivity index (χ3v) is 27.6. The van der Waals surface area contributed by atoms with Crippen LogP contribution in [0.1, 0.15) is 567 Å². The number of rotatable bonds is 53. The Morgan fingerprint density at radius 3 is 0.779 bits per heavy atom.